The van der Waals surface area contributed by atoms with Crippen LogP contribution in [0, 0.1) is 12.3 Å². The van der Waals surface area contributed by atoms with E-state index in [-0.39, 0.29) is 11.3 Å². The first-order valence-electron chi connectivity index (χ1n) is 12.2. The molecule has 0 aliphatic rings. The maximum absolute atomic E-state index is 13.6. The Morgan fingerprint density at radius 3 is 2.25 bits per heavy atom. The molecule has 186 valence electrons. The molecular formula is C31H34N2O3. The van der Waals surface area contributed by atoms with Crippen molar-refractivity contribution in [2.45, 2.75) is 40.7 Å². The first-order chi connectivity index (χ1) is 17.2. The second-order valence-corrected chi connectivity index (χ2v) is 10.3. The molecular weight excluding hydrogens is 448 g/mol. The second kappa shape index (κ2) is 10.4. The predicted octanol–water partition coefficient (Wildman–Crippen LogP) is 7.20. The van der Waals surface area contributed by atoms with Crippen molar-refractivity contribution in [2.24, 2.45) is 5.41 Å². The second-order valence-electron chi connectivity index (χ2n) is 10.3. The lowest BCUT2D eigenvalue weighted by Gasteiger charge is -2.27. The molecule has 0 bridgehead atoms. The highest BCUT2D eigenvalue weighted by Crippen LogP contribution is 2.32. The average molecular weight is 483 g/mol. The summed E-state index contributed by atoms with van der Waals surface area (Å²) in [5, 5.41) is 1.91. The van der Waals surface area contributed by atoms with E-state index in [1.165, 1.54) is 0 Å². The lowest BCUT2D eigenvalue weighted by Crippen LogP contribution is -2.34. The van der Waals surface area contributed by atoms with Gasteiger partial charge in [0.1, 0.15) is 17.3 Å². The van der Waals surface area contributed by atoms with Gasteiger partial charge in [-0.15, -0.1) is 0 Å². The molecule has 36 heavy (non-hydrogen) atoms. The molecule has 0 atom stereocenters. The quantitative estimate of drug-likeness (QED) is 0.280. The Balaban J connectivity index is 1.68. The van der Waals surface area contributed by atoms with Gasteiger partial charge in [0.2, 0.25) is 5.91 Å². The van der Waals surface area contributed by atoms with E-state index in [1.807, 2.05) is 42.2 Å². The Hall–Kier alpha value is -3.86. The molecule has 1 aromatic heterocycles. The summed E-state index contributed by atoms with van der Waals surface area (Å²) in [5.41, 5.74) is 4.24. The Bertz CT molecular complexity index is 1370. The van der Waals surface area contributed by atoms with Crippen LogP contribution in [-0.4, -0.2) is 25.1 Å². The van der Waals surface area contributed by atoms with Gasteiger partial charge in [0.25, 0.3) is 0 Å². The maximum atomic E-state index is 13.6. The van der Waals surface area contributed by atoms with Crippen LogP contribution in [0.2, 0.25) is 0 Å². The van der Waals surface area contributed by atoms with E-state index in [1.54, 1.807) is 20.4 Å². The number of pyridine rings is 1. The summed E-state index contributed by atoms with van der Waals surface area (Å²) in [6.45, 7) is 8.72. The first-order valence-corrected chi connectivity index (χ1v) is 12.2. The van der Waals surface area contributed by atoms with E-state index in [2.05, 4.69) is 62.2 Å². The third kappa shape index (κ3) is 5.68. The summed E-state index contributed by atoms with van der Waals surface area (Å²) >= 11 is 0. The van der Waals surface area contributed by atoms with Crippen molar-refractivity contribution in [2.75, 3.05) is 19.1 Å². The Labute approximate surface area is 213 Å². The number of carbonyl (C=O) groups excluding carboxylic acids is 1. The van der Waals surface area contributed by atoms with E-state index >= 15 is 0 Å². The molecule has 0 saturated carbocycles. The number of nitrogens with zero attached hydrogens (tertiary/aromatic N) is 2. The molecule has 3 aromatic carbocycles. The van der Waals surface area contributed by atoms with Crippen molar-refractivity contribution in [3.05, 3.63) is 84.1 Å². The first kappa shape index (κ1) is 25.2. The molecule has 0 N–H and O–H groups in total. The summed E-state index contributed by atoms with van der Waals surface area (Å²) in [6.07, 6.45) is 2.17. The maximum Gasteiger partial charge on any atom is 0.229 e. The van der Waals surface area contributed by atoms with Gasteiger partial charge in [-0.3, -0.25) is 9.69 Å². The minimum Gasteiger partial charge on any atom is -0.497 e. The number of benzene rings is 3. The van der Waals surface area contributed by atoms with Crippen molar-refractivity contribution in [3.8, 4) is 22.6 Å². The predicted molar refractivity (Wildman–Crippen MR) is 147 cm³/mol. The summed E-state index contributed by atoms with van der Waals surface area (Å²) in [4.78, 5) is 20.0. The molecule has 0 aliphatic heterocycles. The minimum absolute atomic E-state index is 0.0492. The number of hydrogen-bond acceptors (Lipinski definition) is 4. The Morgan fingerprint density at radius 1 is 0.889 bits per heavy atom. The summed E-state index contributed by atoms with van der Waals surface area (Å²) < 4.78 is 10.8. The number of aromatic nitrogens is 1. The smallest absolute Gasteiger partial charge is 0.229 e. The third-order valence-corrected chi connectivity index (χ3v) is 6.21. The van der Waals surface area contributed by atoms with Crippen LogP contribution in [0.25, 0.3) is 21.9 Å². The summed E-state index contributed by atoms with van der Waals surface area (Å²) in [5.74, 6) is 2.37. The van der Waals surface area contributed by atoms with E-state index in [0.717, 1.165) is 44.5 Å². The molecule has 0 saturated heterocycles. The van der Waals surface area contributed by atoms with Crippen LogP contribution in [0.5, 0.6) is 11.5 Å². The SMILES string of the molecule is COc1ccc2c(N(Cc3ccc(-c4ccc(OC)c(C)c4)cc3)C(=O)CC(C)(C)C)nccc2c1. The number of aryl methyl sites for hydroxylation is 1. The van der Waals surface area contributed by atoms with Crippen molar-refractivity contribution in [3.63, 3.8) is 0 Å². The fraction of sp³-hybridized carbons (Fsp3) is 0.290. The third-order valence-electron chi connectivity index (χ3n) is 6.21. The lowest BCUT2D eigenvalue weighted by molar-refractivity contribution is -0.120. The standard InChI is InChI=1S/C31H34N2O3/c1-21-17-24(11-14-28(21)36-6)23-9-7-22(8-10-23)20-33(29(34)19-31(2,3)4)30-27-13-12-26(35-5)18-25(27)15-16-32-30/h7-18H,19-20H2,1-6H3. The summed E-state index contributed by atoms with van der Waals surface area (Å²) in [6, 6.07) is 22.4. The molecule has 5 nitrogen and oxygen atoms in total. The molecule has 0 aliphatic carbocycles. The highest BCUT2D eigenvalue weighted by Gasteiger charge is 2.25. The van der Waals surface area contributed by atoms with Gasteiger partial charge in [0, 0.05) is 18.0 Å². The van der Waals surface area contributed by atoms with E-state index in [4.69, 9.17) is 9.47 Å². The van der Waals surface area contributed by atoms with Gasteiger partial charge in [-0.1, -0.05) is 51.1 Å². The van der Waals surface area contributed by atoms with Gasteiger partial charge >= 0.3 is 0 Å². The van der Waals surface area contributed by atoms with Crippen molar-refractivity contribution >= 4 is 22.5 Å². The van der Waals surface area contributed by atoms with Crippen LogP contribution in [0.3, 0.4) is 0 Å². The van der Waals surface area contributed by atoms with Crippen LogP contribution >= 0.6 is 0 Å². The number of carbonyl (C=O) groups is 1. The van der Waals surface area contributed by atoms with E-state index in [9.17, 15) is 4.79 Å². The molecule has 0 fully saturated rings. The Kier molecular flexibility index (Phi) is 7.30. The van der Waals surface area contributed by atoms with Gasteiger partial charge in [-0.25, -0.2) is 4.98 Å². The monoisotopic (exact) mass is 482 g/mol. The van der Waals surface area contributed by atoms with Crippen molar-refractivity contribution in [1.82, 2.24) is 4.98 Å². The molecule has 1 heterocycles. The van der Waals surface area contributed by atoms with Crippen LogP contribution in [0.4, 0.5) is 5.82 Å². The van der Waals surface area contributed by atoms with Gasteiger partial charge in [-0.2, -0.15) is 0 Å². The molecule has 5 heteroatoms. The lowest BCUT2D eigenvalue weighted by atomic mass is 9.91. The fourth-order valence-corrected chi connectivity index (χ4v) is 4.36. The van der Waals surface area contributed by atoms with Crippen LogP contribution in [0.1, 0.15) is 38.3 Å². The zero-order chi connectivity index (χ0) is 25.9. The van der Waals surface area contributed by atoms with Crippen molar-refractivity contribution < 1.29 is 14.3 Å². The number of fused-ring (bicyclic) bond motifs is 1. The molecule has 4 rings (SSSR count). The number of rotatable bonds is 7. The van der Waals surface area contributed by atoms with E-state index in [0.29, 0.717) is 18.8 Å². The normalized spacial score (nSPS) is 11.4. The van der Waals surface area contributed by atoms with Crippen LogP contribution < -0.4 is 14.4 Å². The van der Waals surface area contributed by atoms with E-state index < -0.39 is 0 Å². The number of ether oxygens (including phenoxy) is 2. The zero-order valence-electron chi connectivity index (χ0n) is 22.0. The van der Waals surface area contributed by atoms with Crippen LogP contribution in [-0.2, 0) is 11.3 Å². The zero-order valence-corrected chi connectivity index (χ0v) is 22.0. The average Bonchev–Trinajstić information content (AvgIpc) is 2.86. The Morgan fingerprint density at radius 2 is 1.61 bits per heavy atom. The van der Waals surface area contributed by atoms with Gasteiger partial charge in [0.05, 0.1) is 20.8 Å². The number of methoxy groups -OCH3 is 2. The molecule has 0 unspecified atom stereocenters. The fourth-order valence-electron chi connectivity index (χ4n) is 4.36. The highest BCUT2D eigenvalue weighted by atomic mass is 16.5. The van der Waals surface area contributed by atoms with Gasteiger partial charge in [-0.05, 0) is 76.4 Å². The number of anilines is 1. The largest absolute Gasteiger partial charge is 0.497 e. The molecule has 0 spiro atoms. The minimum atomic E-state index is -0.140. The number of amides is 1. The van der Waals surface area contributed by atoms with Crippen LogP contribution in [0.15, 0.2) is 72.9 Å². The van der Waals surface area contributed by atoms with Gasteiger partial charge < -0.3 is 9.47 Å². The molecule has 4 aromatic rings. The van der Waals surface area contributed by atoms with Gasteiger partial charge in [0.15, 0.2) is 0 Å². The number of hydrogen-bond donors (Lipinski definition) is 0. The van der Waals surface area contributed by atoms with Crippen molar-refractivity contribution in [1.29, 1.82) is 0 Å². The molecule has 1 amide bonds. The topological polar surface area (TPSA) is 51.7 Å². The highest BCUT2D eigenvalue weighted by molar-refractivity contribution is 6.02. The summed E-state index contributed by atoms with van der Waals surface area (Å²) in [7, 11) is 3.34. The molecule has 0 radical (unpaired) electrons.